The molecule has 1 N–H and O–H groups in total. The molecule has 2 aliphatic heterocycles. The maximum atomic E-state index is 12.7. The Kier molecular flexibility index (Phi) is 6.61. The predicted octanol–water partition coefficient (Wildman–Crippen LogP) is 4.97. The van der Waals surface area contributed by atoms with Gasteiger partial charge in [0.1, 0.15) is 0 Å². The first-order chi connectivity index (χ1) is 14.5. The smallest absolute Gasteiger partial charge is 0.227 e. The number of carbonyl (C=O) groups is 2. The van der Waals surface area contributed by atoms with Gasteiger partial charge < -0.3 is 10.2 Å². The van der Waals surface area contributed by atoms with Crippen molar-refractivity contribution in [3.05, 3.63) is 58.1 Å². The second-order valence-electron chi connectivity index (χ2n) is 7.98. The number of nitrogens with one attached hydrogen (secondary N) is 1. The van der Waals surface area contributed by atoms with E-state index in [1.54, 1.807) is 4.90 Å². The molecule has 7 heteroatoms. The van der Waals surface area contributed by atoms with Gasteiger partial charge in [-0.05, 0) is 74.3 Å². The standard InChI is InChI=1S/C23H25Cl2N3O2/c24-20-8-3-16(14-21(20)25)15-27-12-9-17(10-13-27)23(30)26-18-4-6-19(7-5-18)28-11-1-2-22(28)29/h3-8,14,17H,1-2,9-13,15H2,(H,26,30). The number of benzene rings is 2. The first-order valence-electron chi connectivity index (χ1n) is 10.4. The van der Waals surface area contributed by atoms with Crippen LogP contribution in [-0.4, -0.2) is 36.3 Å². The Morgan fingerprint density at radius 3 is 2.37 bits per heavy atom. The monoisotopic (exact) mass is 445 g/mol. The highest BCUT2D eigenvalue weighted by Crippen LogP contribution is 2.26. The third-order valence-corrected chi connectivity index (χ3v) is 6.61. The van der Waals surface area contributed by atoms with Gasteiger partial charge in [0.05, 0.1) is 10.0 Å². The van der Waals surface area contributed by atoms with Gasteiger partial charge in [-0.2, -0.15) is 0 Å². The van der Waals surface area contributed by atoms with Crippen molar-refractivity contribution in [2.24, 2.45) is 5.92 Å². The van der Waals surface area contributed by atoms with E-state index in [-0.39, 0.29) is 17.7 Å². The number of piperidine rings is 1. The van der Waals surface area contributed by atoms with Gasteiger partial charge in [-0.1, -0.05) is 29.3 Å². The molecule has 30 heavy (non-hydrogen) atoms. The van der Waals surface area contributed by atoms with Crippen molar-refractivity contribution in [2.75, 3.05) is 29.9 Å². The summed E-state index contributed by atoms with van der Waals surface area (Å²) in [6, 6.07) is 13.3. The van der Waals surface area contributed by atoms with Gasteiger partial charge in [0.2, 0.25) is 11.8 Å². The van der Waals surface area contributed by atoms with Crippen LogP contribution in [0.3, 0.4) is 0 Å². The summed E-state index contributed by atoms with van der Waals surface area (Å²) in [7, 11) is 0. The Balaban J connectivity index is 1.27. The molecular formula is C23H25Cl2N3O2. The van der Waals surface area contributed by atoms with Crippen LogP contribution < -0.4 is 10.2 Å². The molecule has 0 aromatic heterocycles. The minimum atomic E-state index is 0.00916. The normalized spacial score (nSPS) is 18.1. The molecule has 5 nitrogen and oxygen atoms in total. The molecule has 2 aliphatic rings. The Bertz CT molecular complexity index is 925. The SMILES string of the molecule is O=C(Nc1ccc(N2CCCC2=O)cc1)C1CCN(Cc2ccc(Cl)c(Cl)c2)CC1. The third-order valence-electron chi connectivity index (χ3n) is 5.87. The lowest BCUT2D eigenvalue weighted by molar-refractivity contribution is -0.121. The van der Waals surface area contributed by atoms with E-state index in [1.807, 2.05) is 42.5 Å². The molecule has 0 atom stereocenters. The maximum absolute atomic E-state index is 12.7. The number of rotatable bonds is 5. The molecule has 2 amide bonds. The second kappa shape index (κ2) is 9.38. The first-order valence-corrected chi connectivity index (χ1v) is 11.1. The second-order valence-corrected chi connectivity index (χ2v) is 8.80. The van der Waals surface area contributed by atoms with E-state index in [2.05, 4.69) is 10.2 Å². The topological polar surface area (TPSA) is 52.7 Å². The van der Waals surface area contributed by atoms with Crippen LogP contribution in [0, 0.1) is 5.92 Å². The zero-order chi connectivity index (χ0) is 21.1. The van der Waals surface area contributed by atoms with Gasteiger partial charge in [-0.3, -0.25) is 14.5 Å². The number of carbonyl (C=O) groups excluding carboxylic acids is 2. The Labute approximate surface area is 186 Å². The summed E-state index contributed by atoms with van der Waals surface area (Å²) in [5.74, 6) is 0.239. The van der Waals surface area contributed by atoms with E-state index in [0.717, 1.165) is 62.4 Å². The Morgan fingerprint density at radius 2 is 1.73 bits per heavy atom. The summed E-state index contributed by atoms with van der Waals surface area (Å²) in [5.41, 5.74) is 2.80. The van der Waals surface area contributed by atoms with E-state index >= 15 is 0 Å². The van der Waals surface area contributed by atoms with E-state index < -0.39 is 0 Å². The predicted molar refractivity (Wildman–Crippen MR) is 121 cm³/mol. The highest BCUT2D eigenvalue weighted by atomic mass is 35.5. The maximum Gasteiger partial charge on any atom is 0.227 e. The lowest BCUT2D eigenvalue weighted by Gasteiger charge is -2.31. The molecular weight excluding hydrogens is 421 g/mol. The van der Waals surface area contributed by atoms with Crippen LogP contribution in [0.5, 0.6) is 0 Å². The van der Waals surface area contributed by atoms with Crippen LogP contribution in [0.25, 0.3) is 0 Å². The highest BCUT2D eigenvalue weighted by molar-refractivity contribution is 6.42. The van der Waals surface area contributed by atoms with Crippen LogP contribution in [0.2, 0.25) is 10.0 Å². The molecule has 4 rings (SSSR count). The van der Waals surface area contributed by atoms with Crippen molar-refractivity contribution in [1.29, 1.82) is 0 Å². The average molecular weight is 446 g/mol. The van der Waals surface area contributed by atoms with Crippen LogP contribution >= 0.6 is 23.2 Å². The Hall–Kier alpha value is -2.08. The molecule has 2 fully saturated rings. The number of hydrogen-bond acceptors (Lipinski definition) is 3. The van der Waals surface area contributed by atoms with Gasteiger partial charge in [-0.15, -0.1) is 0 Å². The molecule has 2 aromatic rings. The molecule has 0 spiro atoms. The zero-order valence-electron chi connectivity index (χ0n) is 16.7. The molecule has 0 radical (unpaired) electrons. The number of anilines is 2. The summed E-state index contributed by atoms with van der Waals surface area (Å²) < 4.78 is 0. The summed E-state index contributed by atoms with van der Waals surface area (Å²) in [4.78, 5) is 28.7. The number of hydrogen-bond donors (Lipinski definition) is 1. The van der Waals surface area contributed by atoms with Crippen molar-refractivity contribution in [3.8, 4) is 0 Å². The summed E-state index contributed by atoms with van der Waals surface area (Å²) >= 11 is 12.1. The fourth-order valence-corrected chi connectivity index (χ4v) is 4.46. The fraction of sp³-hybridized carbons (Fsp3) is 0.391. The third kappa shape index (κ3) is 4.97. The largest absolute Gasteiger partial charge is 0.326 e. The zero-order valence-corrected chi connectivity index (χ0v) is 18.3. The first kappa shape index (κ1) is 21.2. The number of halogens is 2. The van der Waals surface area contributed by atoms with Crippen molar-refractivity contribution in [3.63, 3.8) is 0 Å². The van der Waals surface area contributed by atoms with Crippen LogP contribution in [-0.2, 0) is 16.1 Å². The molecule has 2 saturated heterocycles. The Morgan fingerprint density at radius 1 is 1.00 bits per heavy atom. The van der Waals surface area contributed by atoms with Gasteiger partial charge in [-0.25, -0.2) is 0 Å². The van der Waals surface area contributed by atoms with Crippen molar-refractivity contribution >= 4 is 46.4 Å². The van der Waals surface area contributed by atoms with Crippen LogP contribution in [0.4, 0.5) is 11.4 Å². The van der Waals surface area contributed by atoms with Gasteiger partial charge >= 0.3 is 0 Å². The summed E-state index contributed by atoms with van der Waals surface area (Å²) in [5, 5.41) is 4.16. The van der Waals surface area contributed by atoms with E-state index in [0.29, 0.717) is 16.5 Å². The van der Waals surface area contributed by atoms with Crippen LogP contribution in [0.1, 0.15) is 31.2 Å². The molecule has 2 aromatic carbocycles. The van der Waals surface area contributed by atoms with E-state index in [9.17, 15) is 9.59 Å². The number of likely N-dealkylation sites (tertiary alicyclic amines) is 1. The molecule has 2 heterocycles. The minimum absolute atomic E-state index is 0.00916. The lowest BCUT2D eigenvalue weighted by atomic mass is 9.95. The molecule has 0 aliphatic carbocycles. The molecule has 0 bridgehead atoms. The number of amides is 2. The fourth-order valence-electron chi connectivity index (χ4n) is 4.14. The van der Waals surface area contributed by atoms with Crippen molar-refractivity contribution < 1.29 is 9.59 Å². The number of nitrogens with zero attached hydrogens (tertiary/aromatic N) is 2. The van der Waals surface area contributed by atoms with Gasteiger partial charge in [0.25, 0.3) is 0 Å². The van der Waals surface area contributed by atoms with Crippen LogP contribution in [0.15, 0.2) is 42.5 Å². The van der Waals surface area contributed by atoms with Gasteiger partial charge in [0, 0.05) is 36.8 Å². The van der Waals surface area contributed by atoms with Gasteiger partial charge in [0.15, 0.2) is 0 Å². The minimum Gasteiger partial charge on any atom is -0.326 e. The summed E-state index contributed by atoms with van der Waals surface area (Å²) in [6.45, 7) is 3.32. The average Bonchev–Trinajstić information content (AvgIpc) is 3.18. The van der Waals surface area contributed by atoms with E-state index in [4.69, 9.17) is 23.2 Å². The van der Waals surface area contributed by atoms with Crippen molar-refractivity contribution in [1.82, 2.24) is 4.90 Å². The lowest BCUT2D eigenvalue weighted by Crippen LogP contribution is -2.37. The quantitative estimate of drug-likeness (QED) is 0.706. The molecule has 0 saturated carbocycles. The van der Waals surface area contributed by atoms with E-state index in [1.165, 1.54) is 0 Å². The summed E-state index contributed by atoms with van der Waals surface area (Å²) in [6.07, 6.45) is 3.17. The molecule has 158 valence electrons. The molecule has 0 unspecified atom stereocenters. The highest BCUT2D eigenvalue weighted by Gasteiger charge is 2.25. The van der Waals surface area contributed by atoms with Crippen molar-refractivity contribution in [2.45, 2.75) is 32.2 Å².